The first-order valence-electron chi connectivity index (χ1n) is 8.32. The van der Waals surface area contributed by atoms with Crippen LogP contribution in [0.25, 0.3) is 0 Å². The fourth-order valence-electron chi connectivity index (χ4n) is 2.08. The first-order chi connectivity index (χ1) is 11.3. The Balaban J connectivity index is 0.00000576. The van der Waals surface area contributed by atoms with E-state index in [2.05, 4.69) is 10.6 Å². The highest BCUT2D eigenvalue weighted by molar-refractivity contribution is 5.99. The summed E-state index contributed by atoms with van der Waals surface area (Å²) >= 11 is 0. The van der Waals surface area contributed by atoms with Crippen molar-refractivity contribution in [1.82, 2.24) is 5.32 Å². The highest BCUT2D eigenvalue weighted by atomic mass is 27.0. The van der Waals surface area contributed by atoms with E-state index in [-0.39, 0.29) is 41.7 Å². The van der Waals surface area contributed by atoms with Crippen molar-refractivity contribution in [3.8, 4) is 5.75 Å². The summed E-state index contributed by atoms with van der Waals surface area (Å²) in [5, 5.41) is 15.8. The van der Waals surface area contributed by atoms with Gasteiger partial charge < -0.3 is 20.5 Å². The maximum Gasteiger partial charge on any atom is 0.224 e. The number of amides is 1. The van der Waals surface area contributed by atoms with Crippen LogP contribution in [0.4, 0.5) is 5.69 Å². The Kier molecular flexibility index (Phi) is 11.4. The van der Waals surface area contributed by atoms with Gasteiger partial charge in [0.25, 0.3) is 0 Å². The zero-order valence-electron chi connectivity index (χ0n) is 15.5. The van der Waals surface area contributed by atoms with Crippen LogP contribution in [-0.4, -0.2) is 59.5 Å². The van der Waals surface area contributed by atoms with Gasteiger partial charge in [-0.15, -0.1) is 0 Å². The van der Waals surface area contributed by atoms with Crippen LogP contribution in [-0.2, 0) is 4.79 Å². The molecule has 0 heterocycles. The molecule has 3 N–H and O–H groups in total. The second-order valence-electron chi connectivity index (χ2n) is 6.09. The summed E-state index contributed by atoms with van der Waals surface area (Å²) in [4.78, 5) is 23.5. The number of rotatable bonds is 10. The molecule has 1 unspecified atom stereocenters. The van der Waals surface area contributed by atoms with Crippen LogP contribution in [0.5, 0.6) is 5.75 Å². The highest BCUT2D eigenvalue weighted by Crippen LogP contribution is 2.24. The van der Waals surface area contributed by atoms with Gasteiger partial charge in [-0.1, -0.05) is 20.8 Å². The van der Waals surface area contributed by atoms with Gasteiger partial charge in [-0.3, -0.25) is 9.59 Å². The fourth-order valence-corrected chi connectivity index (χ4v) is 2.08. The molecule has 137 valence electrons. The molecule has 1 amide bonds. The Morgan fingerprint density at radius 1 is 1.28 bits per heavy atom. The lowest BCUT2D eigenvalue weighted by Crippen LogP contribution is -2.35. The smallest absolute Gasteiger partial charge is 0.224 e. The van der Waals surface area contributed by atoms with Crippen LogP contribution in [0.15, 0.2) is 18.2 Å². The second-order valence-corrected chi connectivity index (χ2v) is 6.09. The van der Waals surface area contributed by atoms with Gasteiger partial charge in [-0.25, -0.2) is 0 Å². The van der Waals surface area contributed by atoms with Crippen molar-refractivity contribution in [1.29, 1.82) is 0 Å². The summed E-state index contributed by atoms with van der Waals surface area (Å²) in [5.41, 5.74) is 0.946. The van der Waals surface area contributed by atoms with Crippen LogP contribution < -0.4 is 15.4 Å². The molecule has 0 fully saturated rings. The third-order valence-electron chi connectivity index (χ3n) is 3.31. The molecule has 0 aliphatic heterocycles. The van der Waals surface area contributed by atoms with Crippen molar-refractivity contribution >= 4 is 34.7 Å². The van der Waals surface area contributed by atoms with Crippen LogP contribution in [0.2, 0.25) is 0 Å². The molecule has 7 heteroatoms. The van der Waals surface area contributed by atoms with Gasteiger partial charge in [-0.05, 0) is 31.5 Å². The predicted octanol–water partition coefficient (Wildman–Crippen LogP) is 1.98. The van der Waals surface area contributed by atoms with E-state index < -0.39 is 6.10 Å². The van der Waals surface area contributed by atoms with Gasteiger partial charge in [0.2, 0.25) is 5.91 Å². The van der Waals surface area contributed by atoms with Crippen molar-refractivity contribution in [3.05, 3.63) is 23.8 Å². The number of Topliss-reactive ketones (excluding diaryl/α,β-unsaturated/α-hetero) is 1. The molecule has 0 aliphatic rings. The van der Waals surface area contributed by atoms with Crippen molar-refractivity contribution < 1.29 is 19.4 Å². The van der Waals surface area contributed by atoms with Gasteiger partial charge in [0.1, 0.15) is 18.5 Å². The molecule has 25 heavy (non-hydrogen) atoms. The Morgan fingerprint density at radius 3 is 2.52 bits per heavy atom. The Hall–Kier alpha value is -1.39. The van der Waals surface area contributed by atoms with E-state index in [1.165, 1.54) is 6.92 Å². The Morgan fingerprint density at radius 2 is 1.96 bits per heavy atom. The molecular formula is C18H28AlN2O4. The minimum atomic E-state index is -0.670. The molecule has 6 nitrogen and oxygen atoms in total. The van der Waals surface area contributed by atoms with Crippen molar-refractivity contribution in [2.45, 2.75) is 52.7 Å². The van der Waals surface area contributed by atoms with E-state index in [0.29, 0.717) is 30.0 Å². The molecule has 0 aliphatic carbocycles. The minimum absolute atomic E-state index is 0. The molecule has 1 atom stereocenters. The summed E-state index contributed by atoms with van der Waals surface area (Å²) in [6, 6.07) is 5.21. The number of hydrogen-bond donors (Lipinski definition) is 3. The summed E-state index contributed by atoms with van der Waals surface area (Å²) in [5.74, 6) is 0.154. The first kappa shape index (κ1) is 23.6. The van der Waals surface area contributed by atoms with Crippen molar-refractivity contribution in [2.24, 2.45) is 0 Å². The zero-order chi connectivity index (χ0) is 18.1. The lowest BCUT2D eigenvalue weighted by Gasteiger charge is -2.17. The molecule has 0 aromatic heterocycles. The fraction of sp³-hybridized carbons (Fsp3) is 0.556. The summed E-state index contributed by atoms with van der Waals surface area (Å²) in [6.45, 7) is 7.85. The van der Waals surface area contributed by atoms with E-state index in [9.17, 15) is 14.7 Å². The molecule has 1 aromatic rings. The molecule has 0 saturated heterocycles. The number of aliphatic hydroxyl groups is 1. The number of hydrogen-bond acceptors (Lipinski definition) is 5. The molecule has 1 aromatic carbocycles. The molecule has 1 rings (SSSR count). The third-order valence-corrected chi connectivity index (χ3v) is 3.31. The second kappa shape index (κ2) is 12.0. The van der Waals surface area contributed by atoms with Gasteiger partial charge >= 0.3 is 0 Å². The van der Waals surface area contributed by atoms with Crippen LogP contribution in [0.1, 0.15) is 50.9 Å². The number of carbonyl (C=O) groups is 2. The summed E-state index contributed by atoms with van der Waals surface area (Å²) in [6.07, 6.45) is 0.522. The standard InChI is InChI=1S/C18H28N2O4.Al/c1-5-6-18(23)20-14-7-8-17(16(9-14)13(4)21)24-11-15(22)10-19-12(2)3;/h7-9,12,15,19,22H,5-6,10-11H2,1-4H3,(H,20,23);. The SMILES string of the molecule is CCCC(=O)Nc1ccc(OCC(O)CNC(C)C)c(C(C)=O)c1.[Al]. The van der Waals surface area contributed by atoms with Crippen molar-refractivity contribution in [3.63, 3.8) is 0 Å². The van der Waals surface area contributed by atoms with E-state index in [0.717, 1.165) is 6.42 Å². The maximum absolute atomic E-state index is 11.8. The van der Waals surface area contributed by atoms with Gasteiger partial charge in [0.05, 0.1) is 5.56 Å². The quantitative estimate of drug-likeness (QED) is 0.437. The molecule has 0 bridgehead atoms. The monoisotopic (exact) mass is 363 g/mol. The number of aliphatic hydroxyl groups excluding tert-OH is 1. The van der Waals surface area contributed by atoms with E-state index in [1.807, 2.05) is 20.8 Å². The predicted molar refractivity (Wildman–Crippen MR) is 100 cm³/mol. The Labute approximate surface area is 160 Å². The van der Waals surface area contributed by atoms with E-state index >= 15 is 0 Å². The van der Waals surface area contributed by atoms with Crippen LogP contribution >= 0.6 is 0 Å². The van der Waals surface area contributed by atoms with Gasteiger partial charge in [-0.2, -0.15) is 0 Å². The van der Waals surface area contributed by atoms with E-state index in [4.69, 9.17) is 4.74 Å². The normalized spacial score (nSPS) is 11.6. The summed E-state index contributed by atoms with van der Waals surface area (Å²) in [7, 11) is 0. The number of ether oxygens (including phenoxy) is 1. The molecule has 0 saturated carbocycles. The van der Waals surface area contributed by atoms with Crippen LogP contribution in [0.3, 0.4) is 0 Å². The lowest BCUT2D eigenvalue weighted by atomic mass is 10.1. The highest BCUT2D eigenvalue weighted by Gasteiger charge is 2.13. The summed E-state index contributed by atoms with van der Waals surface area (Å²) < 4.78 is 5.58. The maximum atomic E-state index is 11.8. The molecular weight excluding hydrogens is 335 g/mol. The number of ketones is 1. The lowest BCUT2D eigenvalue weighted by molar-refractivity contribution is -0.116. The molecule has 0 spiro atoms. The van der Waals surface area contributed by atoms with E-state index in [1.54, 1.807) is 18.2 Å². The van der Waals surface area contributed by atoms with Crippen LogP contribution in [0, 0.1) is 0 Å². The van der Waals surface area contributed by atoms with Crippen molar-refractivity contribution in [2.75, 3.05) is 18.5 Å². The number of anilines is 1. The zero-order valence-corrected chi connectivity index (χ0v) is 16.6. The van der Waals surface area contributed by atoms with Gasteiger partial charge in [0, 0.05) is 42.1 Å². The largest absolute Gasteiger partial charge is 0.490 e. The number of benzene rings is 1. The van der Waals surface area contributed by atoms with Gasteiger partial charge in [0.15, 0.2) is 5.78 Å². The third kappa shape index (κ3) is 9.03. The number of carbonyl (C=O) groups excluding carboxylic acids is 2. The Bertz CT molecular complexity index is 564. The molecule has 3 radical (unpaired) electrons. The average Bonchev–Trinajstić information content (AvgIpc) is 2.51. The first-order valence-corrected chi connectivity index (χ1v) is 8.32. The average molecular weight is 363 g/mol. The topological polar surface area (TPSA) is 87.7 Å². The number of nitrogens with one attached hydrogen (secondary N) is 2. The minimum Gasteiger partial charge on any atom is -0.490 e.